The van der Waals surface area contributed by atoms with Crippen molar-refractivity contribution in [2.75, 3.05) is 0 Å². The molecule has 2 fully saturated rings. The van der Waals surface area contributed by atoms with E-state index >= 15 is 0 Å². The van der Waals surface area contributed by atoms with E-state index in [0.717, 1.165) is 19.3 Å². The highest BCUT2D eigenvalue weighted by Crippen LogP contribution is 2.46. The van der Waals surface area contributed by atoms with E-state index < -0.39 is 5.79 Å². The van der Waals surface area contributed by atoms with Gasteiger partial charge in [0.15, 0.2) is 0 Å². The summed E-state index contributed by atoms with van der Waals surface area (Å²) in [6, 6.07) is 9.13. The van der Waals surface area contributed by atoms with Crippen LogP contribution in [0, 0.1) is 0 Å². The van der Waals surface area contributed by atoms with Gasteiger partial charge in [-0.3, -0.25) is 0 Å². The van der Waals surface area contributed by atoms with Crippen LogP contribution in [-0.2, 0) is 9.47 Å². The van der Waals surface area contributed by atoms with Crippen LogP contribution in [0.4, 0.5) is 0 Å². The van der Waals surface area contributed by atoms with Gasteiger partial charge in [-0.05, 0) is 25.0 Å². The van der Waals surface area contributed by atoms with E-state index in [2.05, 4.69) is 0 Å². The van der Waals surface area contributed by atoms with Gasteiger partial charge in [-0.25, -0.2) is 4.79 Å². The van der Waals surface area contributed by atoms with Gasteiger partial charge >= 0.3 is 5.97 Å². The van der Waals surface area contributed by atoms with Crippen molar-refractivity contribution in [2.24, 2.45) is 0 Å². The summed E-state index contributed by atoms with van der Waals surface area (Å²) in [5, 5.41) is 0. The van der Waals surface area contributed by atoms with Gasteiger partial charge in [0.25, 0.3) is 0 Å². The maximum Gasteiger partial charge on any atom is 0.340 e. The summed E-state index contributed by atoms with van der Waals surface area (Å²) in [4.78, 5) is 12.0. The van der Waals surface area contributed by atoms with Crippen LogP contribution in [0.1, 0.15) is 48.9 Å². The Hall–Kier alpha value is -1.35. The molecule has 2 aliphatic rings. The normalized spacial score (nSPS) is 30.8. The highest BCUT2D eigenvalue weighted by molar-refractivity contribution is 5.89. The molecule has 96 valence electrons. The SMILES string of the molecule is O=C(O[C@@]12CCCCCC[C@@H]1O2)c1ccccc1. The molecule has 1 saturated heterocycles. The number of epoxide rings is 1. The zero-order chi connectivity index (χ0) is 12.4. The van der Waals surface area contributed by atoms with Gasteiger partial charge in [-0.2, -0.15) is 0 Å². The third kappa shape index (κ3) is 2.27. The highest BCUT2D eigenvalue weighted by Gasteiger charge is 2.59. The number of benzene rings is 1. The van der Waals surface area contributed by atoms with E-state index in [1.807, 2.05) is 18.2 Å². The van der Waals surface area contributed by atoms with Gasteiger partial charge < -0.3 is 9.47 Å². The summed E-state index contributed by atoms with van der Waals surface area (Å²) < 4.78 is 11.3. The van der Waals surface area contributed by atoms with Crippen molar-refractivity contribution in [1.82, 2.24) is 0 Å². The molecule has 1 aliphatic carbocycles. The molecule has 18 heavy (non-hydrogen) atoms. The summed E-state index contributed by atoms with van der Waals surface area (Å²) in [5.74, 6) is -0.869. The second-order valence-electron chi connectivity index (χ2n) is 5.13. The molecule has 0 radical (unpaired) electrons. The van der Waals surface area contributed by atoms with Crippen molar-refractivity contribution < 1.29 is 14.3 Å². The molecule has 3 nitrogen and oxygen atoms in total. The maximum atomic E-state index is 12.0. The molecule has 1 aromatic rings. The molecular weight excluding hydrogens is 228 g/mol. The zero-order valence-corrected chi connectivity index (χ0v) is 10.4. The molecular formula is C15H18O3. The smallest absolute Gasteiger partial charge is 0.340 e. The largest absolute Gasteiger partial charge is 0.427 e. The lowest BCUT2D eigenvalue weighted by Crippen LogP contribution is -2.25. The average Bonchev–Trinajstić information content (AvgIpc) is 3.03. The number of hydrogen-bond donors (Lipinski definition) is 0. The summed E-state index contributed by atoms with van der Waals surface area (Å²) in [6.07, 6.45) is 6.72. The number of esters is 1. The van der Waals surface area contributed by atoms with E-state index in [1.54, 1.807) is 12.1 Å². The Morgan fingerprint density at radius 1 is 1.17 bits per heavy atom. The molecule has 0 amide bonds. The van der Waals surface area contributed by atoms with Gasteiger partial charge in [0, 0.05) is 6.42 Å². The van der Waals surface area contributed by atoms with Crippen LogP contribution in [-0.4, -0.2) is 17.9 Å². The summed E-state index contributed by atoms with van der Waals surface area (Å²) in [5.41, 5.74) is 0.600. The first kappa shape index (κ1) is 11.7. The van der Waals surface area contributed by atoms with E-state index in [4.69, 9.17) is 9.47 Å². The fraction of sp³-hybridized carbons (Fsp3) is 0.533. The molecule has 3 heteroatoms. The van der Waals surface area contributed by atoms with Gasteiger partial charge in [0.1, 0.15) is 6.10 Å². The molecule has 0 aromatic heterocycles. The van der Waals surface area contributed by atoms with E-state index in [1.165, 1.54) is 19.3 Å². The molecule has 1 aliphatic heterocycles. The van der Waals surface area contributed by atoms with Crippen LogP contribution in [0.15, 0.2) is 30.3 Å². The Bertz CT molecular complexity index is 429. The van der Waals surface area contributed by atoms with Crippen molar-refractivity contribution in [2.45, 2.75) is 50.4 Å². The Labute approximate surface area is 107 Å². The summed E-state index contributed by atoms with van der Waals surface area (Å²) in [7, 11) is 0. The topological polar surface area (TPSA) is 38.8 Å². The van der Waals surface area contributed by atoms with Crippen LogP contribution < -0.4 is 0 Å². The van der Waals surface area contributed by atoms with Crippen molar-refractivity contribution in [1.29, 1.82) is 0 Å². The van der Waals surface area contributed by atoms with E-state index in [9.17, 15) is 4.79 Å². The van der Waals surface area contributed by atoms with Gasteiger partial charge in [-0.15, -0.1) is 0 Å². The first-order valence-electron chi connectivity index (χ1n) is 6.76. The van der Waals surface area contributed by atoms with E-state index in [0.29, 0.717) is 5.56 Å². The molecule has 1 aromatic carbocycles. The van der Waals surface area contributed by atoms with Crippen molar-refractivity contribution >= 4 is 5.97 Å². The standard InChI is InChI=1S/C15H18O3/c16-14(12-8-4-3-5-9-12)18-15-11-7-2-1-6-10-13(15)17-15/h3-5,8-9,13H,1-2,6-7,10-11H2/t13-,15-/m0/s1. The van der Waals surface area contributed by atoms with Gasteiger partial charge in [0.2, 0.25) is 5.79 Å². The fourth-order valence-corrected chi connectivity index (χ4v) is 2.69. The molecule has 0 N–H and O–H groups in total. The van der Waals surface area contributed by atoms with Crippen LogP contribution in [0.5, 0.6) is 0 Å². The first-order chi connectivity index (χ1) is 8.80. The fourth-order valence-electron chi connectivity index (χ4n) is 2.69. The molecule has 0 spiro atoms. The number of carbonyl (C=O) groups is 1. The second kappa shape index (κ2) is 4.73. The summed E-state index contributed by atoms with van der Waals surface area (Å²) in [6.45, 7) is 0. The molecule has 0 bridgehead atoms. The predicted octanol–water partition coefficient (Wildman–Crippen LogP) is 3.29. The second-order valence-corrected chi connectivity index (χ2v) is 5.13. The monoisotopic (exact) mass is 246 g/mol. The lowest BCUT2D eigenvalue weighted by Gasteiger charge is -2.16. The van der Waals surface area contributed by atoms with Crippen LogP contribution in [0.3, 0.4) is 0 Å². The lowest BCUT2D eigenvalue weighted by molar-refractivity contribution is -0.0237. The molecule has 2 atom stereocenters. The first-order valence-corrected chi connectivity index (χ1v) is 6.76. The van der Waals surface area contributed by atoms with Crippen molar-refractivity contribution in [3.8, 4) is 0 Å². The molecule has 1 saturated carbocycles. The highest BCUT2D eigenvalue weighted by atomic mass is 16.8. The average molecular weight is 246 g/mol. The van der Waals surface area contributed by atoms with Crippen molar-refractivity contribution in [3.63, 3.8) is 0 Å². The lowest BCUT2D eigenvalue weighted by atomic mass is 9.98. The quantitative estimate of drug-likeness (QED) is 0.593. The summed E-state index contributed by atoms with van der Waals surface area (Å²) >= 11 is 0. The Morgan fingerprint density at radius 3 is 2.78 bits per heavy atom. The molecule has 0 unspecified atom stereocenters. The number of carbonyl (C=O) groups excluding carboxylic acids is 1. The van der Waals surface area contributed by atoms with Crippen LogP contribution >= 0.6 is 0 Å². The third-order valence-corrected chi connectivity index (χ3v) is 3.79. The number of ether oxygens (including phenoxy) is 2. The van der Waals surface area contributed by atoms with Crippen molar-refractivity contribution in [3.05, 3.63) is 35.9 Å². The number of hydrogen-bond acceptors (Lipinski definition) is 3. The Morgan fingerprint density at radius 2 is 1.94 bits per heavy atom. The van der Waals surface area contributed by atoms with Gasteiger partial charge in [-0.1, -0.05) is 37.5 Å². The molecule has 1 heterocycles. The minimum atomic E-state index is -0.604. The predicted molar refractivity (Wildman–Crippen MR) is 67.2 cm³/mol. The third-order valence-electron chi connectivity index (χ3n) is 3.79. The number of fused-ring (bicyclic) bond motifs is 1. The Balaban J connectivity index is 1.67. The van der Waals surface area contributed by atoms with E-state index in [-0.39, 0.29) is 12.1 Å². The number of rotatable bonds is 2. The van der Waals surface area contributed by atoms with Crippen LogP contribution in [0.2, 0.25) is 0 Å². The molecule has 3 rings (SSSR count). The zero-order valence-electron chi connectivity index (χ0n) is 10.4. The maximum absolute atomic E-state index is 12.0. The minimum absolute atomic E-state index is 0.130. The Kier molecular flexibility index (Phi) is 3.08. The van der Waals surface area contributed by atoms with Gasteiger partial charge in [0.05, 0.1) is 5.56 Å². The van der Waals surface area contributed by atoms with Crippen LogP contribution in [0.25, 0.3) is 0 Å². The minimum Gasteiger partial charge on any atom is -0.427 e.